The van der Waals surface area contributed by atoms with Gasteiger partial charge in [0.25, 0.3) is 10.0 Å². The van der Waals surface area contributed by atoms with Crippen LogP contribution in [0.4, 0.5) is 11.5 Å². The third-order valence-corrected chi connectivity index (χ3v) is 5.80. The summed E-state index contributed by atoms with van der Waals surface area (Å²) in [5.74, 6) is 0.0600. The molecule has 2 rings (SSSR count). The quantitative estimate of drug-likeness (QED) is 0.712. The van der Waals surface area contributed by atoms with Crippen LogP contribution >= 0.6 is 43.5 Å². The van der Waals surface area contributed by atoms with Crippen molar-refractivity contribution in [3.63, 3.8) is 0 Å². The first-order valence-electron chi connectivity index (χ1n) is 5.19. The maximum Gasteiger partial charge on any atom is 0.265 e. The monoisotopic (exact) mass is 439 g/mol. The zero-order valence-corrected chi connectivity index (χ0v) is 14.5. The fraction of sp³-hybridized carbons (Fsp3) is 0. The van der Waals surface area contributed by atoms with E-state index in [2.05, 4.69) is 41.6 Å². The highest BCUT2D eigenvalue weighted by atomic mass is 79.9. The molecule has 0 bridgehead atoms. The molecule has 1 aromatic heterocycles. The van der Waals surface area contributed by atoms with Gasteiger partial charge in [0.05, 0.1) is 5.02 Å². The molecule has 3 N–H and O–H groups in total. The SMILES string of the molecule is Nc1cc(Br)c(S(=O)(=O)Nc2ncccc2Cl)c(Br)c1. The first-order chi connectivity index (χ1) is 9.31. The summed E-state index contributed by atoms with van der Waals surface area (Å²) in [6.45, 7) is 0. The summed E-state index contributed by atoms with van der Waals surface area (Å²) >= 11 is 12.3. The number of benzene rings is 1. The lowest BCUT2D eigenvalue weighted by Gasteiger charge is -2.12. The van der Waals surface area contributed by atoms with Crippen molar-refractivity contribution in [3.05, 3.63) is 44.4 Å². The molecule has 0 aliphatic carbocycles. The van der Waals surface area contributed by atoms with Gasteiger partial charge in [-0.3, -0.25) is 4.72 Å². The van der Waals surface area contributed by atoms with Gasteiger partial charge >= 0.3 is 0 Å². The second kappa shape index (κ2) is 5.88. The van der Waals surface area contributed by atoms with E-state index in [1.165, 1.54) is 18.3 Å². The van der Waals surface area contributed by atoms with E-state index in [0.717, 1.165) is 0 Å². The number of hydrogen-bond donors (Lipinski definition) is 2. The summed E-state index contributed by atoms with van der Waals surface area (Å²) in [6, 6.07) is 6.15. The lowest BCUT2D eigenvalue weighted by atomic mass is 10.3. The summed E-state index contributed by atoms with van der Waals surface area (Å²) in [5, 5.41) is 0.207. The van der Waals surface area contributed by atoms with Crippen LogP contribution in [0.25, 0.3) is 0 Å². The van der Waals surface area contributed by atoms with Gasteiger partial charge in [-0.1, -0.05) is 11.6 Å². The third kappa shape index (κ3) is 3.25. The summed E-state index contributed by atoms with van der Waals surface area (Å²) in [5.41, 5.74) is 6.07. The molecule has 9 heteroatoms. The number of nitrogens with one attached hydrogen (secondary N) is 1. The molecule has 0 spiro atoms. The minimum absolute atomic E-state index is 0.0217. The molecule has 5 nitrogen and oxygen atoms in total. The Morgan fingerprint density at radius 2 is 1.85 bits per heavy atom. The van der Waals surface area contributed by atoms with Crippen molar-refractivity contribution in [2.24, 2.45) is 0 Å². The Bertz CT molecular complexity index is 745. The Labute approximate surface area is 137 Å². The molecule has 1 heterocycles. The minimum Gasteiger partial charge on any atom is -0.399 e. The number of aromatic nitrogens is 1. The van der Waals surface area contributed by atoms with Crippen LogP contribution in [-0.2, 0) is 10.0 Å². The van der Waals surface area contributed by atoms with Gasteiger partial charge in [-0.2, -0.15) is 0 Å². The van der Waals surface area contributed by atoms with E-state index in [4.69, 9.17) is 17.3 Å². The van der Waals surface area contributed by atoms with Crippen LogP contribution < -0.4 is 10.5 Å². The maximum atomic E-state index is 12.4. The molecule has 2 aromatic rings. The van der Waals surface area contributed by atoms with Crippen molar-refractivity contribution >= 4 is 65.0 Å². The molecular formula is C11H8Br2ClN3O2S. The van der Waals surface area contributed by atoms with E-state index >= 15 is 0 Å². The zero-order valence-electron chi connectivity index (χ0n) is 9.77. The first kappa shape index (κ1) is 15.6. The molecule has 0 saturated carbocycles. The number of hydrogen-bond acceptors (Lipinski definition) is 4. The summed E-state index contributed by atoms with van der Waals surface area (Å²) in [7, 11) is -3.86. The predicted octanol–water partition coefficient (Wildman–Crippen LogP) is 3.64. The second-order valence-electron chi connectivity index (χ2n) is 3.75. The number of nitrogen functional groups attached to an aromatic ring is 1. The standard InChI is InChI=1S/C11H8Br2ClN3O2S/c12-7-4-6(15)5-8(13)10(7)20(18,19)17-11-9(14)2-1-3-16-11/h1-5H,15H2,(H,16,17). The number of pyridine rings is 1. The van der Waals surface area contributed by atoms with E-state index in [1.807, 2.05) is 0 Å². The van der Waals surface area contributed by atoms with Gasteiger partial charge in [0.2, 0.25) is 0 Å². The highest BCUT2D eigenvalue weighted by Gasteiger charge is 2.23. The number of nitrogens with zero attached hydrogens (tertiary/aromatic N) is 1. The molecule has 20 heavy (non-hydrogen) atoms. The summed E-state index contributed by atoms with van der Waals surface area (Å²) in [6.07, 6.45) is 1.44. The number of nitrogens with two attached hydrogens (primary N) is 1. The molecule has 0 radical (unpaired) electrons. The normalized spacial score (nSPS) is 11.3. The average Bonchev–Trinajstić information content (AvgIpc) is 2.30. The summed E-state index contributed by atoms with van der Waals surface area (Å²) in [4.78, 5) is 3.91. The Morgan fingerprint density at radius 1 is 1.25 bits per heavy atom. The third-order valence-electron chi connectivity index (χ3n) is 2.28. The van der Waals surface area contributed by atoms with Gasteiger partial charge < -0.3 is 5.73 Å². The minimum atomic E-state index is -3.86. The van der Waals surface area contributed by atoms with Crippen molar-refractivity contribution in [1.29, 1.82) is 0 Å². The number of anilines is 2. The van der Waals surface area contributed by atoms with Crippen LogP contribution in [0, 0.1) is 0 Å². The Kier molecular flexibility index (Phi) is 4.58. The summed E-state index contributed by atoms with van der Waals surface area (Å²) < 4.78 is 27.8. The van der Waals surface area contributed by atoms with E-state index in [0.29, 0.717) is 14.6 Å². The van der Waals surface area contributed by atoms with Crippen molar-refractivity contribution in [3.8, 4) is 0 Å². The highest BCUT2D eigenvalue weighted by Crippen LogP contribution is 2.34. The van der Waals surface area contributed by atoms with Crippen LogP contribution in [0.2, 0.25) is 5.02 Å². The molecule has 0 atom stereocenters. The van der Waals surface area contributed by atoms with Crippen LogP contribution in [0.5, 0.6) is 0 Å². The smallest absolute Gasteiger partial charge is 0.265 e. The van der Waals surface area contributed by atoms with Crippen molar-refractivity contribution in [2.45, 2.75) is 4.90 Å². The van der Waals surface area contributed by atoms with E-state index in [1.54, 1.807) is 12.1 Å². The lowest BCUT2D eigenvalue weighted by molar-refractivity contribution is 0.600. The van der Waals surface area contributed by atoms with Gasteiger partial charge in [0.1, 0.15) is 4.90 Å². The van der Waals surface area contributed by atoms with E-state index < -0.39 is 10.0 Å². The molecule has 0 aliphatic heterocycles. The molecule has 0 unspecified atom stereocenters. The topological polar surface area (TPSA) is 85.1 Å². The van der Waals surface area contributed by atoms with Gasteiger partial charge in [0, 0.05) is 20.8 Å². The number of sulfonamides is 1. The van der Waals surface area contributed by atoms with Gasteiger partial charge in [-0.15, -0.1) is 0 Å². The van der Waals surface area contributed by atoms with Gasteiger partial charge in [0.15, 0.2) is 5.82 Å². The van der Waals surface area contributed by atoms with Crippen LogP contribution in [0.1, 0.15) is 0 Å². The number of rotatable bonds is 3. The van der Waals surface area contributed by atoms with E-state index in [9.17, 15) is 8.42 Å². The first-order valence-corrected chi connectivity index (χ1v) is 8.64. The molecule has 1 aromatic carbocycles. The van der Waals surface area contributed by atoms with Gasteiger partial charge in [-0.05, 0) is 56.1 Å². The lowest BCUT2D eigenvalue weighted by Crippen LogP contribution is -2.15. The van der Waals surface area contributed by atoms with Crippen LogP contribution in [0.3, 0.4) is 0 Å². The predicted molar refractivity (Wildman–Crippen MR) is 86.3 cm³/mol. The molecule has 0 aliphatic rings. The highest BCUT2D eigenvalue weighted by molar-refractivity contribution is 9.11. The Balaban J connectivity index is 2.50. The maximum absolute atomic E-state index is 12.4. The molecule has 0 amide bonds. The number of halogens is 3. The van der Waals surface area contributed by atoms with E-state index in [-0.39, 0.29) is 15.7 Å². The fourth-order valence-corrected chi connectivity index (χ4v) is 5.35. The van der Waals surface area contributed by atoms with Crippen molar-refractivity contribution < 1.29 is 8.42 Å². The molecular weight excluding hydrogens is 433 g/mol. The van der Waals surface area contributed by atoms with Crippen molar-refractivity contribution in [2.75, 3.05) is 10.5 Å². The Hall–Kier alpha value is -0.830. The second-order valence-corrected chi connectivity index (χ2v) is 7.49. The zero-order chi connectivity index (χ0) is 14.9. The molecule has 0 saturated heterocycles. The van der Waals surface area contributed by atoms with Crippen LogP contribution in [-0.4, -0.2) is 13.4 Å². The average molecular weight is 442 g/mol. The largest absolute Gasteiger partial charge is 0.399 e. The van der Waals surface area contributed by atoms with Crippen LogP contribution in [0.15, 0.2) is 44.3 Å². The fourth-order valence-electron chi connectivity index (χ4n) is 1.48. The molecule has 106 valence electrons. The Morgan fingerprint density at radius 3 is 2.40 bits per heavy atom. The molecule has 0 fully saturated rings. The van der Waals surface area contributed by atoms with Crippen molar-refractivity contribution in [1.82, 2.24) is 4.98 Å². The van der Waals surface area contributed by atoms with Gasteiger partial charge in [-0.25, -0.2) is 13.4 Å².